The Bertz CT molecular complexity index is 524. The first-order valence-electron chi connectivity index (χ1n) is 8.83. The summed E-state index contributed by atoms with van der Waals surface area (Å²) in [7, 11) is 1.54. The molecule has 2 rings (SSSR count). The Hall–Kier alpha value is -1.59. The molecular formula is C19H29NO4. The molecule has 134 valence electrons. The van der Waals surface area contributed by atoms with Gasteiger partial charge in [0.25, 0.3) is 0 Å². The number of Topliss-reactive ketones (excluding diaryl/α,β-unsaturated/α-hetero) is 1. The monoisotopic (exact) mass is 335 g/mol. The molecule has 0 amide bonds. The number of hydrogen-bond donors (Lipinski definition) is 2. The van der Waals surface area contributed by atoms with E-state index in [-0.39, 0.29) is 12.4 Å². The van der Waals surface area contributed by atoms with Gasteiger partial charge in [0.2, 0.25) is 0 Å². The lowest BCUT2D eigenvalue weighted by atomic mass is 10.1. The van der Waals surface area contributed by atoms with Crippen molar-refractivity contribution in [2.24, 2.45) is 0 Å². The van der Waals surface area contributed by atoms with E-state index in [9.17, 15) is 9.90 Å². The SMILES string of the molecule is COc1cc(C(C)=O)ccc1OC[C@@H](O)CNC1CCCCCC1. The molecule has 0 bridgehead atoms. The van der Waals surface area contributed by atoms with Crippen LogP contribution in [0.15, 0.2) is 18.2 Å². The van der Waals surface area contributed by atoms with Gasteiger partial charge in [-0.25, -0.2) is 0 Å². The number of carbonyl (C=O) groups excluding carboxylic acids is 1. The highest BCUT2D eigenvalue weighted by molar-refractivity contribution is 5.94. The van der Waals surface area contributed by atoms with Crippen LogP contribution in [0.2, 0.25) is 0 Å². The number of nitrogens with one attached hydrogen (secondary N) is 1. The lowest BCUT2D eigenvalue weighted by Gasteiger charge is -2.20. The first kappa shape index (κ1) is 18.7. The van der Waals surface area contributed by atoms with E-state index in [1.165, 1.54) is 52.6 Å². The van der Waals surface area contributed by atoms with Crippen LogP contribution in [0.3, 0.4) is 0 Å². The molecule has 0 aliphatic heterocycles. The zero-order valence-corrected chi connectivity index (χ0v) is 14.7. The van der Waals surface area contributed by atoms with E-state index in [2.05, 4.69) is 5.32 Å². The average Bonchev–Trinajstić information content (AvgIpc) is 2.86. The number of rotatable bonds is 8. The van der Waals surface area contributed by atoms with Crippen molar-refractivity contribution < 1.29 is 19.4 Å². The zero-order chi connectivity index (χ0) is 17.4. The maximum Gasteiger partial charge on any atom is 0.161 e. The first-order valence-corrected chi connectivity index (χ1v) is 8.83. The lowest BCUT2D eigenvalue weighted by molar-refractivity contribution is 0.0999. The fourth-order valence-electron chi connectivity index (χ4n) is 3.04. The summed E-state index contributed by atoms with van der Waals surface area (Å²) in [5.74, 6) is 1.02. The van der Waals surface area contributed by atoms with E-state index >= 15 is 0 Å². The van der Waals surface area contributed by atoms with Crippen LogP contribution in [0.4, 0.5) is 0 Å². The lowest BCUT2D eigenvalue weighted by Crippen LogP contribution is -2.37. The van der Waals surface area contributed by atoms with Crippen LogP contribution in [-0.2, 0) is 0 Å². The molecular weight excluding hydrogens is 306 g/mol. The van der Waals surface area contributed by atoms with Crippen molar-refractivity contribution in [3.05, 3.63) is 23.8 Å². The number of ether oxygens (including phenoxy) is 2. The van der Waals surface area contributed by atoms with Crippen LogP contribution in [0.1, 0.15) is 55.8 Å². The predicted octanol–water partition coefficient (Wildman–Crippen LogP) is 2.95. The van der Waals surface area contributed by atoms with Gasteiger partial charge in [0.15, 0.2) is 17.3 Å². The van der Waals surface area contributed by atoms with Crippen molar-refractivity contribution in [2.75, 3.05) is 20.3 Å². The molecule has 1 aromatic carbocycles. The van der Waals surface area contributed by atoms with E-state index in [1.54, 1.807) is 18.2 Å². The van der Waals surface area contributed by atoms with Gasteiger partial charge in [-0.3, -0.25) is 4.79 Å². The molecule has 0 spiro atoms. The molecule has 24 heavy (non-hydrogen) atoms. The third-order valence-corrected chi connectivity index (χ3v) is 4.50. The van der Waals surface area contributed by atoms with Gasteiger partial charge in [-0.15, -0.1) is 0 Å². The van der Waals surface area contributed by atoms with Gasteiger partial charge in [0.05, 0.1) is 7.11 Å². The van der Waals surface area contributed by atoms with Crippen LogP contribution >= 0.6 is 0 Å². The van der Waals surface area contributed by atoms with Gasteiger partial charge in [-0.05, 0) is 38.0 Å². The molecule has 0 saturated heterocycles. The van der Waals surface area contributed by atoms with Gasteiger partial charge in [-0.2, -0.15) is 0 Å². The summed E-state index contributed by atoms with van der Waals surface area (Å²) in [6, 6.07) is 5.58. The van der Waals surface area contributed by atoms with E-state index < -0.39 is 6.10 Å². The molecule has 1 saturated carbocycles. The topological polar surface area (TPSA) is 67.8 Å². The van der Waals surface area contributed by atoms with E-state index in [0.717, 1.165) is 0 Å². The van der Waals surface area contributed by atoms with Crippen molar-refractivity contribution in [3.8, 4) is 11.5 Å². The maximum atomic E-state index is 11.4. The molecule has 1 aliphatic carbocycles. The van der Waals surface area contributed by atoms with Crippen molar-refractivity contribution >= 4 is 5.78 Å². The van der Waals surface area contributed by atoms with Crippen molar-refractivity contribution in [1.29, 1.82) is 0 Å². The highest BCUT2D eigenvalue weighted by Gasteiger charge is 2.15. The molecule has 1 aliphatic rings. The van der Waals surface area contributed by atoms with Crippen LogP contribution < -0.4 is 14.8 Å². The summed E-state index contributed by atoms with van der Waals surface area (Å²) in [6.45, 7) is 2.23. The smallest absolute Gasteiger partial charge is 0.161 e. The first-order chi connectivity index (χ1) is 11.6. The standard InChI is InChI=1S/C19H29NO4/c1-14(21)15-9-10-18(19(11-15)23-2)24-13-17(22)12-20-16-7-5-3-4-6-8-16/h9-11,16-17,20,22H,3-8,12-13H2,1-2H3/t17-/m0/s1. The molecule has 0 aromatic heterocycles. The fraction of sp³-hybridized carbons (Fsp3) is 0.632. The number of aliphatic hydroxyl groups excluding tert-OH is 1. The zero-order valence-electron chi connectivity index (χ0n) is 14.7. The second-order valence-corrected chi connectivity index (χ2v) is 6.48. The number of benzene rings is 1. The molecule has 5 heteroatoms. The van der Waals surface area contributed by atoms with Crippen LogP contribution in [0.5, 0.6) is 11.5 Å². The Morgan fingerprint density at radius 3 is 2.58 bits per heavy atom. The molecule has 5 nitrogen and oxygen atoms in total. The molecule has 2 N–H and O–H groups in total. The highest BCUT2D eigenvalue weighted by atomic mass is 16.5. The number of carbonyl (C=O) groups is 1. The van der Waals surface area contributed by atoms with E-state index in [4.69, 9.17) is 9.47 Å². The van der Waals surface area contributed by atoms with Crippen LogP contribution in [0, 0.1) is 0 Å². The molecule has 0 radical (unpaired) electrons. The highest BCUT2D eigenvalue weighted by Crippen LogP contribution is 2.28. The number of hydrogen-bond acceptors (Lipinski definition) is 5. The van der Waals surface area contributed by atoms with Gasteiger partial charge >= 0.3 is 0 Å². The molecule has 1 aromatic rings. The molecule has 1 atom stereocenters. The Morgan fingerprint density at radius 1 is 1.25 bits per heavy atom. The van der Waals surface area contributed by atoms with Crippen molar-refractivity contribution in [2.45, 2.75) is 57.6 Å². The number of ketones is 1. The third-order valence-electron chi connectivity index (χ3n) is 4.50. The minimum absolute atomic E-state index is 0.0208. The van der Waals surface area contributed by atoms with Gasteiger partial charge in [-0.1, -0.05) is 25.7 Å². The third kappa shape index (κ3) is 5.80. The second-order valence-electron chi connectivity index (χ2n) is 6.48. The summed E-state index contributed by atoms with van der Waals surface area (Å²) < 4.78 is 10.9. The predicted molar refractivity (Wildman–Crippen MR) is 94.0 cm³/mol. The molecule has 0 heterocycles. The van der Waals surface area contributed by atoms with Gasteiger partial charge < -0.3 is 19.9 Å². The Kier molecular flexibility index (Phi) is 7.53. The molecule has 1 fully saturated rings. The molecule has 0 unspecified atom stereocenters. The summed E-state index contributed by atoms with van der Waals surface area (Å²) >= 11 is 0. The summed E-state index contributed by atoms with van der Waals surface area (Å²) in [6.07, 6.45) is 6.97. The van der Waals surface area contributed by atoms with Crippen molar-refractivity contribution in [3.63, 3.8) is 0 Å². The number of methoxy groups -OCH3 is 1. The van der Waals surface area contributed by atoms with E-state index in [1.807, 2.05) is 0 Å². The van der Waals surface area contributed by atoms with E-state index in [0.29, 0.717) is 29.6 Å². The van der Waals surface area contributed by atoms with Crippen LogP contribution in [0.25, 0.3) is 0 Å². The summed E-state index contributed by atoms with van der Waals surface area (Å²) in [4.78, 5) is 11.4. The fourth-order valence-corrected chi connectivity index (χ4v) is 3.04. The van der Waals surface area contributed by atoms with Gasteiger partial charge in [0, 0.05) is 18.2 Å². The largest absolute Gasteiger partial charge is 0.493 e. The summed E-state index contributed by atoms with van der Waals surface area (Å²) in [5, 5.41) is 13.6. The van der Waals surface area contributed by atoms with Gasteiger partial charge in [0.1, 0.15) is 12.7 Å². The Balaban J connectivity index is 1.80. The van der Waals surface area contributed by atoms with Crippen LogP contribution in [-0.4, -0.2) is 43.3 Å². The second kappa shape index (κ2) is 9.64. The average molecular weight is 335 g/mol. The summed E-state index contributed by atoms with van der Waals surface area (Å²) in [5.41, 5.74) is 0.578. The normalized spacial score (nSPS) is 17.1. The van der Waals surface area contributed by atoms with Crippen molar-refractivity contribution in [1.82, 2.24) is 5.32 Å². The quantitative estimate of drug-likeness (QED) is 0.565. The minimum atomic E-state index is -0.578. The maximum absolute atomic E-state index is 11.4. The number of aliphatic hydroxyl groups is 1. The minimum Gasteiger partial charge on any atom is -0.493 e. The Labute approximate surface area is 144 Å². The Morgan fingerprint density at radius 2 is 1.96 bits per heavy atom.